The SMILES string of the molecule is CCc1scc(CN2CCCCC2=O)c1NS(=O)(=O)C(F)(F)F. The fourth-order valence-electron chi connectivity index (χ4n) is 2.36. The first-order valence-electron chi connectivity index (χ1n) is 7.11. The maximum absolute atomic E-state index is 12.6. The number of piperidine rings is 1. The normalized spacial score (nSPS) is 16.7. The fraction of sp³-hybridized carbons (Fsp3) is 0.615. The molecule has 10 heteroatoms. The Morgan fingerprint density at radius 1 is 1.35 bits per heavy atom. The summed E-state index contributed by atoms with van der Waals surface area (Å²) in [5, 5.41) is 1.61. The average Bonchev–Trinajstić information content (AvgIpc) is 2.82. The monoisotopic (exact) mass is 370 g/mol. The van der Waals surface area contributed by atoms with Gasteiger partial charge in [-0.15, -0.1) is 11.3 Å². The highest BCUT2D eigenvalue weighted by atomic mass is 32.2. The molecule has 2 heterocycles. The highest BCUT2D eigenvalue weighted by Crippen LogP contribution is 2.34. The summed E-state index contributed by atoms with van der Waals surface area (Å²) in [6.07, 6.45) is 2.44. The number of alkyl halides is 3. The van der Waals surface area contributed by atoms with E-state index in [1.807, 2.05) is 0 Å². The Morgan fingerprint density at radius 2 is 2.04 bits per heavy atom. The Bertz CT molecular complexity index is 683. The zero-order valence-corrected chi connectivity index (χ0v) is 14.1. The zero-order valence-electron chi connectivity index (χ0n) is 12.4. The number of nitrogens with one attached hydrogen (secondary N) is 1. The molecule has 0 bridgehead atoms. The van der Waals surface area contributed by atoms with Crippen molar-refractivity contribution >= 4 is 33.0 Å². The number of carbonyl (C=O) groups excluding carboxylic acids is 1. The van der Waals surface area contributed by atoms with Crippen LogP contribution >= 0.6 is 11.3 Å². The second-order valence-electron chi connectivity index (χ2n) is 5.24. The van der Waals surface area contributed by atoms with Gasteiger partial charge in [-0.3, -0.25) is 9.52 Å². The number of carbonyl (C=O) groups is 1. The van der Waals surface area contributed by atoms with Crippen LogP contribution in [0.4, 0.5) is 18.9 Å². The van der Waals surface area contributed by atoms with Crippen LogP contribution in [0.25, 0.3) is 0 Å². The Morgan fingerprint density at radius 3 is 2.61 bits per heavy atom. The third-order valence-corrected chi connectivity index (χ3v) is 5.85. The van der Waals surface area contributed by atoms with Crippen molar-refractivity contribution in [1.29, 1.82) is 0 Å². The molecule has 1 N–H and O–H groups in total. The summed E-state index contributed by atoms with van der Waals surface area (Å²) in [6.45, 7) is 2.37. The number of halogens is 3. The van der Waals surface area contributed by atoms with Gasteiger partial charge in [-0.1, -0.05) is 6.92 Å². The molecule has 1 aromatic rings. The molecule has 0 atom stereocenters. The van der Waals surface area contributed by atoms with Crippen molar-refractivity contribution in [1.82, 2.24) is 4.90 Å². The molecule has 1 aliphatic heterocycles. The first-order valence-corrected chi connectivity index (χ1v) is 9.48. The lowest BCUT2D eigenvalue weighted by atomic mass is 10.1. The van der Waals surface area contributed by atoms with Crippen molar-refractivity contribution in [3.05, 3.63) is 15.8 Å². The number of nitrogens with zero attached hydrogens (tertiary/aromatic N) is 1. The van der Waals surface area contributed by atoms with Crippen LogP contribution in [0.15, 0.2) is 5.38 Å². The van der Waals surface area contributed by atoms with E-state index in [9.17, 15) is 26.4 Å². The highest BCUT2D eigenvalue weighted by molar-refractivity contribution is 7.93. The zero-order chi connectivity index (χ0) is 17.3. The fourth-order valence-corrected chi connectivity index (χ4v) is 4.01. The van der Waals surface area contributed by atoms with Gasteiger partial charge in [-0.25, -0.2) is 0 Å². The molecule has 0 aromatic carbocycles. The van der Waals surface area contributed by atoms with Gasteiger partial charge in [0.25, 0.3) is 0 Å². The molecule has 1 aromatic heterocycles. The second kappa shape index (κ2) is 6.68. The molecule has 1 amide bonds. The smallest absolute Gasteiger partial charge is 0.338 e. The quantitative estimate of drug-likeness (QED) is 0.866. The topological polar surface area (TPSA) is 66.5 Å². The highest BCUT2D eigenvalue weighted by Gasteiger charge is 2.46. The lowest BCUT2D eigenvalue weighted by Crippen LogP contribution is -2.35. The average molecular weight is 370 g/mol. The number of hydrogen-bond donors (Lipinski definition) is 1. The summed E-state index contributed by atoms with van der Waals surface area (Å²) >= 11 is 1.19. The van der Waals surface area contributed by atoms with Crippen LogP contribution in [-0.2, 0) is 27.8 Å². The standard InChI is InChI=1S/C13H17F3N2O3S2/c1-2-10-12(17-23(20,21)13(14,15)16)9(8-22-10)7-18-6-4-3-5-11(18)19/h8,17H,2-7H2,1H3. The van der Waals surface area contributed by atoms with Gasteiger partial charge in [0.15, 0.2) is 0 Å². The summed E-state index contributed by atoms with van der Waals surface area (Å²) in [7, 11) is -5.48. The lowest BCUT2D eigenvalue weighted by Gasteiger charge is -2.27. The van der Waals surface area contributed by atoms with E-state index < -0.39 is 15.5 Å². The van der Waals surface area contributed by atoms with Gasteiger partial charge in [0, 0.05) is 30.0 Å². The summed E-state index contributed by atoms with van der Waals surface area (Å²) < 4.78 is 62.2. The molecule has 0 saturated carbocycles. The van der Waals surface area contributed by atoms with Crippen molar-refractivity contribution < 1.29 is 26.4 Å². The van der Waals surface area contributed by atoms with E-state index in [0.29, 0.717) is 29.8 Å². The summed E-state index contributed by atoms with van der Waals surface area (Å²) in [5.41, 5.74) is -5.03. The molecule has 0 radical (unpaired) electrons. The Labute approximate surface area is 136 Å². The summed E-state index contributed by atoms with van der Waals surface area (Å²) in [6, 6.07) is 0. The molecule has 0 unspecified atom stereocenters. The molecule has 1 fully saturated rings. The van der Waals surface area contributed by atoms with Crippen molar-refractivity contribution in [3.8, 4) is 0 Å². The summed E-state index contributed by atoms with van der Waals surface area (Å²) in [4.78, 5) is 13.9. The predicted octanol–water partition coefficient (Wildman–Crippen LogP) is 3.08. The van der Waals surface area contributed by atoms with Gasteiger partial charge < -0.3 is 4.90 Å². The van der Waals surface area contributed by atoms with Crippen molar-refractivity contribution in [2.24, 2.45) is 0 Å². The third-order valence-electron chi connectivity index (χ3n) is 3.59. The Hall–Kier alpha value is -1.29. The molecule has 5 nitrogen and oxygen atoms in total. The van der Waals surface area contributed by atoms with E-state index in [4.69, 9.17) is 0 Å². The van der Waals surface area contributed by atoms with E-state index in [1.165, 1.54) is 11.3 Å². The van der Waals surface area contributed by atoms with Gasteiger partial charge >= 0.3 is 15.5 Å². The van der Waals surface area contributed by atoms with Crippen LogP contribution in [0.3, 0.4) is 0 Å². The van der Waals surface area contributed by atoms with Crippen LogP contribution in [0.5, 0.6) is 0 Å². The maximum Gasteiger partial charge on any atom is 0.516 e. The molecule has 23 heavy (non-hydrogen) atoms. The van der Waals surface area contributed by atoms with Crippen LogP contribution < -0.4 is 4.72 Å². The van der Waals surface area contributed by atoms with Crippen molar-refractivity contribution in [2.45, 2.75) is 44.7 Å². The number of likely N-dealkylation sites (tertiary alicyclic amines) is 1. The second-order valence-corrected chi connectivity index (χ2v) is 7.87. The minimum Gasteiger partial charge on any atom is -0.338 e. The number of amides is 1. The van der Waals surface area contributed by atoms with Gasteiger partial charge in [-0.2, -0.15) is 21.6 Å². The number of sulfonamides is 1. The third kappa shape index (κ3) is 3.97. The molecule has 1 saturated heterocycles. The number of thiophene rings is 1. The number of hydrogen-bond acceptors (Lipinski definition) is 4. The van der Waals surface area contributed by atoms with E-state index >= 15 is 0 Å². The number of anilines is 1. The van der Waals surface area contributed by atoms with E-state index in [1.54, 1.807) is 21.9 Å². The van der Waals surface area contributed by atoms with E-state index in [-0.39, 0.29) is 18.1 Å². The van der Waals surface area contributed by atoms with Gasteiger partial charge in [0.2, 0.25) is 5.91 Å². The Kier molecular flexibility index (Phi) is 5.24. The molecular weight excluding hydrogens is 353 g/mol. The molecule has 0 spiro atoms. The van der Waals surface area contributed by atoms with Crippen LogP contribution in [0.2, 0.25) is 0 Å². The van der Waals surface area contributed by atoms with E-state index in [2.05, 4.69) is 0 Å². The van der Waals surface area contributed by atoms with Gasteiger partial charge in [0.1, 0.15) is 0 Å². The molecular formula is C13H17F3N2O3S2. The molecule has 130 valence electrons. The largest absolute Gasteiger partial charge is 0.516 e. The van der Waals surface area contributed by atoms with Crippen LogP contribution in [-0.4, -0.2) is 31.3 Å². The van der Waals surface area contributed by atoms with Crippen LogP contribution in [0, 0.1) is 0 Å². The van der Waals surface area contributed by atoms with Crippen LogP contribution in [0.1, 0.15) is 36.6 Å². The molecule has 1 aliphatic rings. The van der Waals surface area contributed by atoms with E-state index in [0.717, 1.165) is 12.8 Å². The first-order chi connectivity index (χ1) is 10.7. The van der Waals surface area contributed by atoms with Crippen molar-refractivity contribution in [3.63, 3.8) is 0 Å². The predicted molar refractivity (Wildman–Crippen MR) is 81.6 cm³/mol. The lowest BCUT2D eigenvalue weighted by molar-refractivity contribution is -0.133. The first kappa shape index (κ1) is 18.1. The van der Waals surface area contributed by atoms with Gasteiger partial charge in [0.05, 0.1) is 5.69 Å². The molecule has 0 aliphatic carbocycles. The maximum atomic E-state index is 12.6. The summed E-state index contributed by atoms with van der Waals surface area (Å²) in [5.74, 6) is -0.0647. The number of rotatable bonds is 5. The van der Waals surface area contributed by atoms with Crippen molar-refractivity contribution in [2.75, 3.05) is 11.3 Å². The molecule has 2 rings (SSSR count). The minimum atomic E-state index is -5.48. The number of aryl methyl sites for hydroxylation is 1. The minimum absolute atomic E-state index is 0.0480. The Balaban J connectivity index is 2.28. The van der Waals surface area contributed by atoms with Gasteiger partial charge in [-0.05, 0) is 24.6 Å².